The van der Waals surface area contributed by atoms with Gasteiger partial charge >= 0.3 is 6.18 Å². The zero-order valence-electron chi connectivity index (χ0n) is 13.9. The summed E-state index contributed by atoms with van der Waals surface area (Å²) in [4.78, 5) is 24.2. The van der Waals surface area contributed by atoms with Crippen LogP contribution in [0, 0.1) is 0 Å². The molecule has 1 aromatic carbocycles. The minimum absolute atomic E-state index is 0.0778. The lowest BCUT2D eigenvalue weighted by Crippen LogP contribution is -2.31. The van der Waals surface area contributed by atoms with Gasteiger partial charge in [0.2, 0.25) is 5.95 Å². The highest BCUT2D eigenvalue weighted by atomic mass is 19.4. The van der Waals surface area contributed by atoms with E-state index in [1.54, 1.807) is 6.07 Å². The fourth-order valence-corrected chi connectivity index (χ4v) is 2.07. The van der Waals surface area contributed by atoms with Gasteiger partial charge in [0.15, 0.2) is 6.10 Å². The van der Waals surface area contributed by atoms with E-state index in [2.05, 4.69) is 25.4 Å². The molecule has 2 aromatic heterocycles. The minimum atomic E-state index is -4.44. The number of carbonyl (C=O) groups is 1. The van der Waals surface area contributed by atoms with Crippen LogP contribution >= 0.6 is 0 Å². The van der Waals surface area contributed by atoms with Crippen molar-refractivity contribution in [2.45, 2.75) is 19.2 Å². The summed E-state index contributed by atoms with van der Waals surface area (Å²) in [5.74, 6) is -0.158. The van der Waals surface area contributed by atoms with Crippen LogP contribution in [0.4, 0.5) is 19.1 Å². The van der Waals surface area contributed by atoms with E-state index in [-0.39, 0.29) is 17.6 Å². The molecular weight excluding hydrogens is 365 g/mol. The lowest BCUT2D eigenvalue weighted by atomic mass is 10.2. The second kappa shape index (κ2) is 7.40. The monoisotopic (exact) mass is 378 g/mol. The predicted octanol–water partition coefficient (Wildman–Crippen LogP) is 2.48. The molecule has 140 valence electrons. The maximum absolute atomic E-state index is 12.6. The molecule has 2 heterocycles. The van der Waals surface area contributed by atoms with Crippen LogP contribution in [0.25, 0.3) is 5.95 Å². The van der Waals surface area contributed by atoms with Gasteiger partial charge in [0.05, 0.1) is 5.56 Å². The van der Waals surface area contributed by atoms with Crippen LogP contribution in [0.3, 0.4) is 0 Å². The third-order valence-corrected chi connectivity index (χ3v) is 3.39. The lowest BCUT2D eigenvalue weighted by molar-refractivity contribution is -0.137. The van der Waals surface area contributed by atoms with Crippen molar-refractivity contribution in [1.82, 2.24) is 24.7 Å². The summed E-state index contributed by atoms with van der Waals surface area (Å²) in [6, 6.07) is 5.67. The molecule has 1 unspecified atom stereocenters. The van der Waals surface area contributed by atoms with Gasteiger partial charge in [-0.15, -0.1) is 0 Å². The fourth-order valence-electron chi connectivity index (χ4n) is 2.07. The van der Waals surface area contributed by atoms with E-state index in [1.165, 1.54) is 30.3 Å². The molecule has 1 N–H and O–H groups in total. The number of nitrogens with zero attached hydrogens (tertiary/aromatic N) is 5. The van der Waals surface area contributed by atoms with Crippen LogP contribution < -0.4 is 10.1 Å². The molecule has 8 nitrogen and oxygen atoms in total. The van der Waals surface area contributed by atoms with Crippen molar-refractivity contribution in [2.24, 2.45) is 0 Å². The Morgan fingerprint density at radius 2 is 1.81 bits per heavy atom. The first kappa shape index (κ1) is 18.3. The number of hydrogen-bond acceptors (Lipinski definition) is 6. The van der Waals surface area contributed by atoms with Gasteiger partial charge in [-0.05, 0) is 37.3 Å². The number of halogens is 3. The van der Waals surface area contributed by atoms with Gasteiger partial charge in [0.25, 0.3) is 11.9 Å². The van der Waals surface area contributed by atoms with Crippen LogP contribution in [0.2, 0.25) is 0 Å². The molecular formula is C16H13F3N6O2. The van der Waals surface area contributed by atoms with E-state index in [0.29, 0.717) is 0 Å². The molecule has 0 saturated carbocycles. The van der Waals surface area contributed by atoms with Crippen molar-refractivity contribution in [3.63, 3.8) is 0 Å². The quantitative estimate of drug-likeness (QED) is 0.733. The molecule has 0 spiro atoms. The SMILES string of the molecule is CC(Oc1ccc(C(F)(F)F)cc1)C(=O)Nc1ncnn1-c1ncccn1. The number of hydrogen-bond donors (Lipinski definition) is 1. The second-order valence-electron chi connectivity index (χ2n) is 5.32. The molecule has 0 bridgehead atoms. The van der Waals surface area contributed by atoms with Crippen molar-refractivity contribution in [1.29, 1.82) is 0 Å². The largest absolute Gasteiger partial charge is 0.481 e. The van der Waals surface area contributed by atoms with E-state index in [9.17, 15) is 18.0 Å². The number of carbonyl (C=O) groups excluding carboxylic acids is 1. The van der Waals surface area contributed by atoms with Gasteiger partial charge in [-0.2, -0.15) is 27.9 Å². The maximum atomic E-state index is 12.6. The molecule has 27 heavy (non-hydrogen) atoms. The van der Waals surface area contributed by atoms with Gasteiger partial charge in [-0.1, -0.05) is 0 Å². The zero-order valence-corrected chi connectivity index (χ0v) is 13.9. The number of amides is 1. The lowest BCUT2D eigenvalue weighted by Gasteiger charge is -2.15. The Hall–Kier alpha value is -3.50. The number of benzene rings is 1. The van der Waals surface area contributed by atoms with E-state index in [4.69, 9.17) is 4.74 Å². The number of nitrogens with one attached hydrogen (secondary N) is 1. The normalized spacial score (nSPS) is 12.4. The highest BCUT2D eigenvalue weighted by molar-refractivity contribution is 5.92. The van der Waals surface area contributed by atoms with Crippen LogP contribution in [0.5, 0.6) is 5.75 Å². The first-order chi connectivity index (χ1) is 12.8. The van der Waals surface area contributed by atoms with Crippen molar-refractivity contribution in [3.05, 3.63) is 54.6 Å². The molecule has 1 amide bonds. The average molecular weight is 378 g/mol. The van der Waals surface area contributed by atoms with E-state index < -0.39 is 23.8 Å². The van der Waals surface area contributed by atoms with Crippen molar-refractivity contribution < 1.29 is 22.7 Å². The molecule has 3 rings (SSSR count). The summed E-state index contributed by atoms with van der Waals surface area (Å²) in [6.45, 7) is 1.45. The van der Waals surface area contributed by atoms with E-state index in [1.807, 2.05) is 0 Å². The first-order valence-corrected chi connectivity index (χ1v) is 7.67. The standard InChI is InChI=1S/C16H13F3N6O2/c1-10(27-12-5-3-11(4-6-12)16(17,18)19)13(26)24-15-22-9-23-25(15)14-20-7-2-8-21-14/h2-10H,1H3,(H,22,23,24,26). The highest BCUT2D eigenvalue weighted by Gasteiger charge is 2.30. The number of alkyl halides is 3. The average Bonchev–Trinajstić information content (AvgIpc) is 3.10. The van der Waals surface area contributed by atoms with Gasteiger partial charge in [0, 0.05) is 12.4 Å². The Kier molecular flexibility index (Phi) is 5.01. The third kappa shape index (κ3) is 4.37. The number of aromatic nitrogens is 5. The van der Waals surface area contributed by atoms with Gasteiger partial charge in [-0.25, -0.2) is 9.97 Å². The van der Waals surface area contributed by atoms with Crippen LogP contribution in [-0.2, 0) is 11.0 Å². The van der Waals surface area contributed by atoms with Crippen molar-refractivity contribution in [2.75, 3.05) is 5.32 Å². The second-order valence-corrected chi connectivity index (χ2v) is 5.32. The van der Waals surface area contributed by atoms with Crippen molar-refractivity contribution in [3.8, 4) is 11.7 Å². The number of rotatable bonds is 5. The Morgan fingerprint density at radius 1 is 1.15 bits per heavy atom. The van der Waals surface area contributed by atoms with Gasteiger partial charge in [0.1, 0.15) is 12.1 Å². The maximum Gasteiger partial charge on any atom is 0.416 e. The summed E-state index contributed by atoms with van der Waals surface area (Å²) in [5, 5.41) is 6.44. The molecule has 0 saturated heterocycles. The molecule has 11 heteroatoms. The molecule has 1 atom stereocenters. The van der Waals surface area contributed by atoms with Crippen LogP contribution in [0.1, 0.15) is 12.5 Å². The number of anilines is 1. The molecule has 0 fully saturated rings. The molecule has 0 aliphatic carbocycles. The first-order valence-electron chi connectivity index (χ1n) is 7.67. The van der Waals surface area contributed by atoms with E-state index in [0.717, 1.165) is 24.3 Å². The molecule has 3 aromatic rings. The summed E-state index contributed by atoms with van der Waals surface area (Å²) in [6.07, 6.45) is -1.21. The van der Waals surface area contributed by atoms with Crippen LogP contribution in [-0.4, -0.2) is 36.7 Å². The Bertz CT molecular complexity index is 912. The summed E-state index contributed by atoms with van der Waals surface area (Å²) >= 11 is 0. The zero-order chi connectivity index (χ0) is 19.4. The van der Waals surface area contributed by atoms with Crippen molar-refractivity contribution >= 4 is 11.9 Å². The van der Waals surface area contributed by atoms with Gasteiger partial charge in [-0.3, -0.25) is 10.1 Å². The predicted molar refractivity (Wildman–Crippen MR) is 87.1 cm³/mol. The third-order valence-electron chi connectivity index (χ3n) is 3.39. The van der Waals surface area contributed by atoms with Gasteiger partial charge < -0.3 is 4.74 Å². The summed E-state index contributed by atoms with van der Waals surface area (Å²) in [5.41, 5.74) is -0.803. The number of ether oxygens (including phenoxy) is 1. The van der Waals surface area contributed by atoms with E-state index >= 15 is 0 Å². The summed E-state index contributed by atoms with van der Waals surface area (Å²) in [7, 11) is 0. The van der Waals surface area contributed by atoms with Crippen LogP contribution in [0.15, 0.2) is 49.1 Å². The highest BCUT2D eigenvalue weighted by Crippen LogP contribution is 2.30. The summed E-state index contributed by atoms with van der Waals surface area (Å²) < 4.78 is 44.3. The fraction of sp³-hybridized carbons (Fsp3) is 0.188. The topological polar surface area (TPSA) is 94.8 Å². The minimum Gasteiger partial charge on any atom is -0.481 e. The Morgan fingerprint density at radius 3 is 2.44 bits per heavy atom. The smallest absolute Gasteiger partial charge is 0.416 e. The Balaban J connectivity index is 1.66. The molecule has 0 aliphatic rings. The molecule has 0 aliphatic heterocycles. The molecule has 0 radical (unpaired) electrons. The Labute approximate surface area is 151 Å².